The molecule has 0 bridgehead atoms. The van der Waals surface area contributed by atoms with Crippen LogP contribution in [0.2, 0.25) is 0 Å². The van der Waals surface area contributed by atoms with Gasteiger partial charge in [-0.15, -0.1) is 0 Å². The van der Waals surface area contributed by atoms with Crippen LogP contribution in [0.25, 0.3) is 0 Å². The Labute approximate surface area is 94.3 Å². The van der Waals surface area contributed by atoms with Gasteiger partial charge in [0.25, 0.3) is 0 Å². The van der Waals surface area contributed by atoms with Crippen LogP contribution in [-0.2, 0) is 9.47 Å². The normalized spacial score (nSPS) is 10.1. The molecule has 0 amide bonds. The minimum atomic E-state index is -0.356. The van der Waals surface area contributed by atoms with Crippen molar-refractivity contribution in [2.24, 2.45) is 0 Å². The van der Waals surface area contributed by atoms with Gasteiger partial charge in [0.2, 0.25) is 6.29 Å². The lowest BCUT2D eigenvalue weighted by Crippen LogP contribution is -2.09. The zero-order valence-corrected chi connectivity index (χ0v) is 10.3. The maximum Gasteiger partial charge on any atom is 0.221 e. The Morgan fingerprint density at radius 3 is 2.13 bits per heavy atom. The molecule has 2 nitrogen and oxygen atoms in total. The Morgan fingerprint density at radius 1 is 0.933 bits per heavy atom. The lowest BCUT2D eigenvalue weighted by atomic mass is 10.1. The van der Waals surface area contributed by atoms with Crippen LogP contribution in [0.3, 0.4) is 0 Å². The van der Waals surface area contributed by atoms with Crippen molar-refractivity contribution >= 4 is 0 Å². The first-order valence-electron chi connectivity index (χ1n) is 5.89. The summed E-state index contributed by atoms with van der Waals surface area (Å²) >= 11 is 0. The number of ether oxygens (including phenoxy) is 2. The second kappa shape index (κ2) is 11.6. The lowest BCUT2D eigenvalue weighted by molar-refractivity contribution is -0.0595. The second-order valence-corrected chi connectivity index (χ2v) is 3.64. The first-order valence-corrected chi connectivity index (χ1v) is 5.89. The average Bonchev–Trinajstić information content (AvgIpc) is 2.27. The molecule has 0 aromatic heterocycles. The van der Waals surface area contributed by atoms with E-state index in [1.807, 2.05) is 0 Å². The molecule has 0 aliphatic heterocycles. The molecule has 0 rings (SSSR count). The van der Waals surface area contributed by atoms with Crippen molar-refractivity contribution in [3.63, 3.8) is 0 Å². The maximum absolute atomic E-state index is 4.96. The highest BCUT2D eigenvalue weighted by Crippen LogP contribution is 2.06. The fourth-order valence-electron chi connectivity index (χ4n) is 1.36. The molecule has 0 atom stereocenters. The van der Waals surface area contributed by atoms with Gasteiger partial charge in [0, 0.05) is 20.6 Å². The largest absolute Gasteiger partial charge is 0.345 e. The highest BCUT2D eigenvalue weighted by atomic mass is 16.7. The molecule has 0 aromatic carbocycles. The third-order valence-corrected chi connectivity index (χ3v) is 2.30. The molecule has 0 radical (unpaired) electrons. The van der Waals surface area contributed by atoms with Crippen molar-refractivity contribution in [3.05, 3.63) is 0 Å². The van der Waals surface area contributed by atoms with Crippen LogP contribution in [0.1, 0.15) is 51.9 Å². The summed E-state index contributed by atoms with van der Waals surface area (Å²) in [7, 11) is 3.21. The number of hydrogen-bond donors (Lipinski definition) is 0. The van der Waals surface area contributed by atoms with Crippen molar-refractivity contribution in [3.8, 4) is 11.8 Å². The van der Waals surface area contributed by atoms with Gasteiger partial charge in [-0.3, -0.25) is 0 Å². The van der Waals surface area contributed by atoms with E-state index in [1.54, 1.807) is 14.2 Å². The van der Waals surface area contributed by atoms with E-state index in [4.69, 9.17) is 9.47 Å². The topological polar surface area (TPSA) is 18.5 Å². The first kappa shape index (κ1) is 14.5. The molecule has 2 heteroatoms. The van der Waals surface area contributed by atoms with Gasteiger partial charge >= 0.3 is 0 Å². The number of hydrogen-bond acceptors (Lipinski definition) is 2. The molecule has 0 saturated carbocycles. The van der Waals surface area contributed by atoms with Crippen LogP contribution in [0, 0.1) is 11.8 Å². The van der Waals surface area contributed by atoms with E-state index in [9.17, 15) is 0 Å². The maximum atomic E-state index is 4.96. The van der Waals surface area contributed by atoms with E-state index < -0.39 is 0 Å². The van der Waals surface area contributed by atoms with E-state index in [1.165, 1.54) is 38.5 Å². The second-order valence-electron chi connectivity index (χ2n) is 3.64. The number of unbranched alkanes of at least 4 members (excludes halogenated alkanes) is 6. The molecular formula is C13H24O2. The molecule has 0 spiro atoms. The molecule has 0 aliphatic carbocycles. The van der Waals surface area contributed by atoms with Gasteiger partial charge in [0.1, 0.15) is 0 Å². The summed E-state index contributed by atoms with van der Waals surface area (Å²) in [6.07, 6.45) is 8.46. The Morgan fingerprint density at radius 2 is 1.53 bits per heavy atom. The quantitative estimate of drug-likeness (QED) is 0.349. The number of rotatable bonds is 8. The SMILES string of the molecule is CCCCCCCCC#CC(OC)OC. The summed E-state index contributed by atoms with van der Waals surface area (Å²) in [4.78, 5) is 0. The Bertz CT molecular complexity index is 175. The predicted molar refractivity (Wildman–Crippen MR) is 63.6 cm³/mol. The van der Waals surface area contributed by atoms with E-state index in [-0.39, 0.29) is 6.29 Å². The molecule has 0 N–H and O–H groups in total. The van der Waals surface area contributed by atoms with Gasteiger partial charge in [-0.05, 0) is 12.3 Å². The Balaban J connectivity index is 3.28. The molecule has 0 aliphatic rings. The summed E-state index contributed by atoms with van der Waals surface area (Å²) in [6.45, 7) is 2.24. The fourth-order valence-corrected chi connectivity index (χ4v) is 1.36. The van der Waals surface area contributed by atoms with E-state index >= 15 is 0 Å². The Hall–Kier alpha value is -0.520. The molecule has 0 heterocycles. The number of methoxy groups -OCH3 is 2. The monoisotopic (exact) mass is 212 g/mol. The van der Waals surface area contributed by atoms with Crippen LogP contribution in [-0.4, -0.2) is 20.5 Å². The molecule has 0 saturated heterocycles. The molecule has 88 valence electrons. The van der Waals surface area contributed by atoms with E-state index in [0.29, 0.717) is 0 Å². The zero-order valence-electron chi connectivity index (χ0n) is 10.3. The average molecular weight is 212 g/mol. The van der Waals surface area contributed by atoms with Crippen LogP contribution in [0.5, 0.6) is 0 Å². The van der Waals surface area contributed by atoms with Crippen LogP contribution in [0.15, 0.2) is 0 Å². The third kappa shape index (κ3) is 9.78. The van der Waals surface area contributed by atoms with Gasteiger partial charge in [-0.1, -0.05) is 44.9 Å². The fraction of sp³-hybridized carbons (Fsp3) is 0.846. The molecule has 0 unspecified atom stereocenters. The minimum Gasteiger partial charge on any atom is -0.345 e. The van der Waals surface area contributed by atoms with Gasteiger partial charge in [-0.2, -0.15) is 0 Å². The van der Waals surface area contributed by atoms with Crippen LogP contribution in [0.4, 0.5) is 0 Å². The standard InChI is InChI=1S/C13H24O2/c1-4-5-6-7-8-9-10-11-12-13(14-2)15-3/h13H,4-10H2,1-3H3. The summed E-state index contributed by atoms with van der Waals surface area (Å²) < 4.78 is 9.93. The zero-order chi connectivity index (χ0) is 11.4. The van der Waals surface area contributed by atoms with E-state index in [0.717, 1.165) is 6.42 Å². The highest BCUT2D eigenvalue weighted by Gasteiger charge is 1.95. The summed E-state index contributed by atoms with van der Waals surface area (Å²) in [5, 5.41) is 0. The molecular weight excluding hydrogens is 188 g/mol. The highest BCUT2D eigenvalue weighted by molar-refractivity contribution is 5.01. The molecule has 0 aromatic rings. The van der Waals surface area contributed by atoms with Gasteiger partial charge in [0.05, 0.1) is 0 Å². The Kier molecular flexibility index (Phi) is 11.2. The molecule has 15 heavy (non-hydrogen) atoms. The molecule has 0 fully saturated rings. The predicted octanol–water partition coefficient (Wildman–Crippen LogP) is 3.36. The minimum absolute atomic E-state index is 0.356. The summed E-state index contributed by atoms with van der Waals surface area (Å²) in [5.74, 6) is 6.00. The van der Waals surface area contributed by atoms with Gasteiger partial charge in [0.15, 0.2) is 0 Å². The summed E-state index contributed by atoms with van der Waals surface area (Å²) in [5.41, 5.74) is 0. The van der Waals surface area contributed by atoms with Crippen LogP contribution >= 0.6 is 0 Å². The lowest BCUT2D eigenvalue weighted by Gasteiger charge is -2.03. The van der Waals surface area contributed by atoms with Gasteiger partial charge in [-0.25, -0.2) is 0 Å². The van der Waals surface area contributed by atoms with Gasteiger partial charge < -0.3 is 9.47 Å². The van der Waals surface area contributed by atoms with E-state index in [2.05, 4.69) is 18.8 Å². The van der Waals surface area contributed by atoms with Crippen molar-refractivity contribution in [1.29, 1.82) is 0 Å². The van der Waals surface area contributed by atoms with Crippen molar-refractivity contribution in [1.82, 2.24) is 0 Å². The summed E-state index contributed by atoms with van der Waals surface area (Å²) in [6, 6.07) is 0. The third-order valence-electron chi connectivity index (χ3n) is 2.30. The first-order chi connectivity index (χ1) is 7.35. The van der Waals surface area contributed by atoms with Crippen molar-refractivity contribution in [2.45, 2.75) is 58.2 Å². The van der Waals surface area contributed by atoms with Crippen molar-refractivity contribution < 1.29 is 9.47 Å². The van der Waals surface area contributed by atoms with Crippen molar-refractivity contribution in [2.75, 3.05) is 14.2 Å². The smallest absolute Gasteiger partial charge is 0.221 e. The van der Waals surface area contributed by atoms with Crippen LogP contribution < -0.4 is 0 Å².